The number of likely N-dealkylation sites (tertiary alicyclic amines) is 1. The monoisotopic (exact) mass is 473 g/mol. The Kier molecular flexibility index (Phi) is 6.96. The van der Waals surface area contributed by atoms with Gasteiger partial charge in [-0.2, -0.15) is 4.31 Å². The Bertz CT molecular complexity index is 1130. The van der Waals surface area contributed by atoms with Crippen LogP contribution in [0.4, 0.5) is 5.69 Å². The normalized spacial score (nSPS) is 17.2. The van der Waals surface area contributed by atoms with Gasteiger partial charge < -0.3 is 19.7 Å². The first-order valence-electron chi connectivity index (χ1n) is 10.8. The molecule has 2 aliphatic heterocycles. The van der Waals surface area contributed by atoms with Crippen molar-refractivity contribution < 1.29 is 27.5 Å². The highest BCUT2D eigenvalue weighted by Crippen LogP contribution is 2.30. The number of benzene rings is 2. The molecule has 0 atom stereocenters. The fraction of sp³-hybridized carbons (Fsp3) is 0.391. The summed E-state index contributed by atoms with van der Waals surface area (Å²) >= 11 is 0. The van der Waals surface area contributed by atoms with Crippen LogP contribution in [0.25, 0.3) is 0 Å². The lowest BCUT2D eigenvalue weighted by molar-refractivity contribution is -0.128. The van der Waals surface area contributed by atoms with Crippen LogP contribution in [0.2, 0.25) is 0 Å². The number of nitrogens with one attached hydrogen (secondary N) is 1. The molecule has 0 unspecified atom stereocenters. The number of methoxy groups -OCH3 is 1. The van der Waals surface area contributed by atoms with Gasteiger partial charge in [0.1, 0.15) is 10.6 Å². The molecule has 2 heterocycles. The number of nitrogens with zero attached hydrogens (tertiary/aromatic N) is 2. The molecule has 0 bridgehead atoms. The lowest BCUT2D eigenvalue weighted by Crippen LogP contribution is -2.40. The van der Waals surface area contributed by atoms with Crippen LogP contribution in [0.15, 0.2) is 47.4 Å². The smallest absolute Gasteiger partial charge is 0.255 e. The fourth-order valence-corrected chi connectivity index (χ4v) is 5.53. The minimum Gasteiger partial charge on any atom is -0.495 e. The highest BCUT2D eigenvalue weighted by atomic mass is 32.2. The van der Waals surface area contributed by atoms with Crippen molar-refractivity contribution in [1.29, 1.82) is 0 Å². The second-order valence-electron chi connectivity index (χ2n) is 7.95. The van der Waals surface area contributed by atoms with E-state index in [4.69, 9.17) is 9.47 Å². The van der Waals surface area contributed by atoms with Crippen LogP contribution in [0.5, 0.6) is 5.75 Å². The minimum atomic E-state index is -3.80. The first-order valence-corrected chi connectivity index (χ1v) is 12.3. The Balaban J connectivity index is 1.48. The molecule has 0 aliphatic carbocycles. The molecule has 0 spiro atoms. The molecule has 10 heteroatoms. The average Bonchev–Trinajstić information content (AvgIpc) is 3.24. The van der Waals surface area contributed by atoms with Crippen LogP contribution in [0.1, 0.15) is 28.8 Å². The minimum absolute atomic E-state index is 0.00433. The summed E-state index contributed by atoms with van der Waals surface area (Å²) in [6.07, 6.45) is 1.47. The second kappa shape index (κ2) is 9.90. The maximum atomic E-state index is 13.1. The van der Waals surface area contributed by atoms with Crippen molar-refractivity contribution in [3.8, 4) is 5.75 Å². The van der Waals surface area contributed by atoms with Crippen LogP contribution in [0.3, 0.4) is 0 Å². The Morgan fingerprint density at radius 3 is 2.45 bits per heavy atom. The van der Waals surface area contributed by atoms with Gasteiger partial charge in [0.15, 0.2) is 0 Å². The van der Waals surface area contributed by atoms with Gasteiger partial charge in [0.05, 0.1) is 20.3 Å². The van der Waals surface area contributed by atoms with E-state index in [0.29, 0.717) is 37.4 Å². The van der Waals surface area contributed by atoms with Gasteiger partial charge in [-0.15, -0.1) is 0 Å². The van der Waals surface area contributed by atoms with E-state index in [1.165, 1.54) is 23.5 Å². The molecule has 33 heavy (non-hydrogen) atoms. The van der Waals surface area contributed by atoms with Crippen molar-refractivity contribution in [3.63, 3.8) is 0 Å². The predicted octanol–water partition coefficient (Wildman–Crippen LogP) is 2.09. The number of hydrogen-bond donors (Lipinski definition) is 1. The van der Waals surface area contributed by atoms with E-state index in [-0.39, 0.29) is 35.5 Å². The first kappa shape index (κ1) is 23.2. The lowest BCUT2D eigenvalue weighted by Gasteiger charge is -2.26. The Morgan fingerprint density at radius 2 is 1.82 bits per heavy atom. The van der Waals surface area contributed by atoms with E-state index < -0.39 is 10.0 Å². The highest BCUT2D eigenvalue weighted by molar-refractivity contribution is 7.89. The Labute approximate surface area is 193 Å². The number of carbonyl (C=O) groups is 2. The maximum Gasteiger partial charge on any atom is 0.255 e. The molecule has 176 valence electrons. The van der Waals surface area contributed by atoms with Crippen molar-refractivity contribution >= 4 is 27.5 Å². The summed E-state index contributed by atoms with van der Waals surface area (Å²) < 4.78 is 38.1. The van der Waals surface area contributed by atoms with Crippen molar-refractivity contribution in [2.24, 2.45) is 0 Å². The van der Waals surface area contributed by atoms with Gasteiger partial charge in [0.25, 0.3) is 5.91 Å². The zero-order chi connectivity index (χ0) is 23.4. The van der Waals surface area contributed by atoms with E-state index in [9.17, 15) is 18.0 Å². The second-order valence-corrected chi connectivity index (χ2v) is 9.86. The summed E-state index contributed by atoms with van der Waals surface area (Å²) in [5.74, 6) is -0.00171. The van der Waals surface area contributed by atoms with Gasteiger partial charge in [-0.05, 0) is 42.3 Å². The van der Waals surface area contributed by atoms with Crippen LogP contribution in [-0.4, -0.2) is 69.4 Å². The molecule has 9 nitrogen and oxygen atoms in total. The van der Waals surface area contributed by atoms with Crippen molar-refractivity contribution in [2.75, 3.05) is 45.3 Å². The summed E-state index contributed by atoms with van der Waals surface area (Å²) in [4.78, 5) is 26.4. The molecule has 0 radical (unpaired) electrons. The maximum absolute atomic E-state index is 13.1. The zero-order valence-electron chi connectivity index (χ0n) is 18.5. The summed E-state index contributed by atoms with van der Waals surface area (Å²) in [7, 11) is -2.40. The summed E-state index contributed by atoms with van der Waals surface area (Å²) in [6.45, 7) is 2.48. The molecule has 0 aromatic heterocycles. The number of morpholine rings is 1. The average molecular weight is 474 g/mol. The molecular formula is C23H27N3O6S. The molecule has 0 saturated carbocycles. The summed E-state index contributed by atoms with van der Waals surface area (Å²) in [5, 5.41) is 2.76. The van der Waals surface area contributed by atoms with Gasteiger partial charge in [-0.25, -0.2) is 8.42 Å². The molecule has 2 aromatic rings. The molecule has 4 rings (SSSR count). The Hall–Kier alpha value is -2.95. The van der Waals surface area contributed by atoms with Gasteiger partial charge in [0.2, 0.25) is 15.9 Å². The molecule has 1 N–H and O–H groups in total. The van der Waals surface area contributed by atoms with Gasteiger partial charge in [0, 0.05) is 43.9 Å². The van der Waals surface area contributed by atoms with Crippen LogP contribution >= 0.6 is 0 Å². The molecule has 2 saturated heterocycles. The van der Waals surface area contributed by atoms with E-state index in [2.05, 4.69) is 5.32 Å². The van der Waals surface area contributed by atoms with Crippen molar-refractivity contribution in [1.82, 2.24) is 9.21 Å². The SMILES string of the molecule is COc1ccc(NC(=O)c2ccc(CN3CCCC3=O)cc2)cc1S(=O)(=O)N1CCOCC1. The summed E-state index contributed by atoms with van der Waals surface area (Å²) in [5.41, 5.74) is 1.73. The zero-order valence-corrected chi connectivity index (χ0v) is 19.3. The van der Waals surface area contributed by atoms with Crippen LogP contribution in [-0.2, 0) is 26.1 Å². The number of rotatable bonds is 7. The number of anilines is 1. The standard InChI is InChI=1S/C23H27N3O6S/c1-31-20-9-8-19(15-21(20)33(29,30)26-11-13-32-14-12-26)24-23(28)18-6-4-17(5-7-18)16-25-10-2-3-22(25)27/h4-9,15H,2-3,10-14,16H2,1H3,(H,24,28). The van der Waals surface area contributed by atoms with Crippen LogP contribution in [0, 0.1) is 0 Å². The molecule has 2 aliphatic rings. The van der Waals surface area contributed by atoms with Gasteiger partial charge in [-0.3, -0.25) is 9.59 Å². The third-order valence-corrected chi connectivity index (χ3v) is 7.69. The number of ether oxygens (including phenoxy) is 2. The molecule has 2 aromatic carbocycles. The number of carbonyl (C=O) groups excluding carboxylic acids is 2. The van der Waals surface area contributed by atoms with Crippen molar-refractivity contribution in [3.05, 3.63) is 53.6 Å². The quantitative estimate of drug-likeness (QED) is 0.660. The number of hydrogen-bond acceptors (Lipinski definition) is 6. The fourth-order valence-electron chi connectivity index (χ4n) is 3.94. The third-order valence-electron chi connectivity index (χ3n) is 5.77. The first-order chi connectivity index (χ1) is 15.9. The van der Waals surface area contributed by atoms with Gasteiger partial charge >= 0.3 is 0 Å². The molecule has 2 fully saturated rings. The number of sulfonamides is 1. The molecular weight excluding hydrogens is 446 g/mol. The van der Waals surface area contributed by atoms with Crippen molar-refractivity contribution in [2.45, 2.75) is 24.3 Å². The summed E-state index contributed by atoms with van der Waals surface area (Å²) in [6, 6.07) is 11.6. The topological polar surface area (TPSA) is 105 Å². The number of amides is 2. The highest BCUT2D eigenvalue weighted by Gasteiger charge is 2.29. The predicted molar refractivity (Wildman–Crippen MR) is 122 cm³/mol. The largest absolute Gasteiger partial charge is 0.495 e. The van der Waals surface area contributed by atoms with E-state index in [1.807, 2.05) is 17.0 Å². The molecule has 2 amide bonds. The van der Waals surface area contributed by atoms with E-state index >= 15 is 0 Å². The van der Waals surface area contributed by atoms with Gasteiger partial charge in [-0.1, -0.05) is 12.1 Å². The van der Waals surface area contributed by atoms with E-state index in [0.717, 1.165) is 18.5 Å². The van der Waals surface area contributed by atoms with E-state index in [1.54, 1.807) is 18.2 Å². The third kappa shape index (κ3) is 5.18. The Morgan fingerprint density at radius 1 is 1.09 bits per heavy atom. The lowest BCUT2D eigenvalue weighted by atomic mass is 10.1. The van der Waals surface area contributed by atoms with Crippen LogP contribution < -0.4 is 10.1 Å².